The van der Waals surface area contributed by atoms with Crippen molar-refractivity contribution in [1.29, 1.82) is 0 Å². The van der Waals surface area contributed by atoms with Gasteiger partial charge in [0.2, 0.25) is 0 Å². The van der Waals surface area contributed by atoms with Gasteiger partial charge in [-0.05, 0) is 24.5 Å². The van der Waals surface area contributed by atoms with Crippen molar-refractivity contribution >= 4 is 11.5 Å². The van der Waals surface area contributed by atoms with Crippen molar-refractivity contribution in [2.75, 3.05) is 18.0 Å². The highest BCUT2D eigenvalue weighted by Crippen LogP contribution is 2.26. The number of benzene rings is 2. The first-order chi connectivity index (χ1) is 9.84. The van der Waals surface area contributed by atoms with E-state index in [1.54, 1.807) is 0 Å². The SMILES string of the molecule is O=C(CCN1CCCc2ccccc21)c1ccccc1. The van der Waals surface area contributed by atoms with E-state index in [0.29, 0.717) is 6.42 Å². The van der Waals surface area contributed by atoms with E-state index in [9.17, 15) is 4.79 Å². The molecule has 1 heterocycles. The smallest absolute Gasteiger partial charge is 0.164 e. The monoisotopic (exact) mass is 265 g/mol. The fraction of sp³-hybridized carbons (Fsp3) is 0.278. The first-order valence-electron chi connectivity index (χ1n) is 7.26. The first kappa shape index (κ1) is 12.9. The Bertz CT molecular complexity index is 591. The predicted molar refractivity (Wildman–Crippen MR) is 82.4 cm³/mol. The highest BCUT2D eigenvalue weighted by Gasteiger charge is 2.17. The Balaban J connectivity index is 1.67. The molecule has 0 saturated carbocycles. The van der Waals surface area contributed by atoms with Gasteiger partial charge in [0.25, 0.3) is 0 Å². The zero-order valence-corrected chi connectivity index (χ0v) is 11.6. The van der Waals surface area contributed by atoms with Crippen LogP contribution in [0, 0.1) is 0 Å². The second-order valence-corrected chi connectivity index (χ2v) is 5.26. The molecule has 0 aromatic heterocycles. The summed E-state index contributed by atoms with van der Waals surface area (Å²) in [5.74, 6) is 0.230. The number of hydrogen-bond acceptors (Lipinski definition) is 2. The molecule has 2 heteroatoms. The lowest BCUT2D eigenvalue weighted by molar-refractivity contribution is 0.0984. The van der Waals surface area contributed by atoms with Crippen LogP contribution in [0.4, 0.5) is 5.69 Å². The molecule has 0 atom stereocenters. The molecule has 2 nitrogen and oxygen atoms in total. The summed E-state index contributed by atoms with van der Waals surface area (Å²) in [6, 6.07) is 18.1. The number of anilines is 1. The Morgan fingerprint density at radius 2 is 1.75 bits per heavy atom. The minimum Gasteiger partial charge on any atom is -0.371 e. The topological polar surface area (TPSA) is 20.3 Å². The Morgan fingerprint density at radius 3 is 2.60 bits per heavy atom. The van der Waals surface area contributed by atoms with Gasteiger partial charge in [-0.25, -0.2) is 0 Å². The van der Waals surface area contributed by atoms with Gasteiger partial charge in [-0.2, -0.15) is 0 Å². The summed E-state index contributed by atoms with van der Waals surface area (Å²) >= 11 is 0. The standard InChI is InChI=1S/C18H19NO/c20-18(16-8-2-1-3-9-16)12-14-19-13-6-10-15-7-4-5-11-17(15)19/h1-5,7-9,11H,6,10,12-14H2. The summed E-state index contributed by atoms with van der Waals surface area (Å²) in [4.78, 5) is 14.5. The summed E-state index contributed by atoms with van der Waals surface area (Å²) in [5.41, 5.74) is 3.53. The van der Waals surface area contributed by atoms with E-state index >= 15 is 0 Å². The molecule has 1 aliphatic heterocycles. The average molecular weight is 265 g/mol. The average Bonchev–Trinajstić information content (AvgIpc) is 2.53. The number of carbonyl (C=O) groups excluding carboxylic acids is 1. The van der Waals surface area contributed by atoms with E-state index in [1.807, 2.05) is 30.3 Å². The molecule has 0 unspecified atom stereocenters. The molecule has 0 saturated heterocycles. The van der Waals surface area contributed by atoms with E-state index in [4.69, 9.17) is 0 Å². The van der Waals surface area contributed by atoms with Gasteiger partial charge in [-0.1, -0.05) is 48.5 Å². The van der Waals surface area contributed by atoms with Crippen molar-refractivity contribution < 1.29 is 4.79 Å². The highest BCUT2D eigenvalue weighted by atomic mass is 16.1. The molecule has 20 heavy (non-hydrogen) atoms. The van der Waals surface area contributed by atoms with E-state index in [2.05, 4.69) is 29.2 Å². The van der Waals surface area contributed by atoms with Crippen LogP contribution in [0.15, 0.2) is 54.6 Å². The van der Waals surface area contributed by atoms with Gasteiger partial charge in [0.05, 0.1) is 0 Å². The number of aryl methyl sites for hydroxylation is 1. The van der Waals surface area contributed by atoms with Crippen molar-refractivity contribution in [3.8, 4) is 0 Å². The van der Waals surface area contributed by atoms with E-state index in [1.165, 1.54) is 17.7 Å². The third kappa shape index (κ3) is 2.74. The van der Waals surface area contributed by atoms with Crippen LogP contribution in [0.25, 0.3) is 0 Å². The van der Waals surface area contributed by atoms with Crippen LogP contribution in [0.3, 0.4) is 0 Å². The van der Waals surface area contributed by atoms with Crippen LogP contribution in [-0.4, -0.2) is 18.9 Å². The van der Waals surface area contributed by atoms with Crippen molar-refractivity contribution in [1.82, 2.24) is 0 Å². The number of fused-ring (bicyclic) bond motifs is 1. The molecule has 2 aromatic carbocycles. The summed E-state index contributed by atoms with van der Waals surface area (Å²) in [5, 5.41) is 0. The summed E-state index contributed by atoms with van der Waals surface area (Å²) in [6.07, 6.45) is 2.91. The number of Topliss-reactive ketones (excluding diaryl/α,β-unsaturated/α-hetero) is 1. The minimum absolute atomic E-state index is 0.230. The molecule has 2 aromatic rings. The zero-order chi connectivity index (χ0) is 13.8. The number of rotatable bonds is 4. The predicted octanol–water partition coefficient (Wildman–Crippen LogP) is 3.71. The van der Waals surface area contributed by atoms with Crippen molar-refractivity contribution in [2.45, 2.75) is 19.3 Å². The van der Waals surface area contributed by atoms with Crippen molar-refractivity contribution in [3.63, 3.8) is 0 Å². The third-order valence-electron chi connectivity index (χ3n) is 3.91. The lowest BCUT2D eigenvalue weighted by Crippen LogP contribution is -2.31. The van der Waals surface area contributed by atoms with Gasteiger partial charge in [-0.3, -0.25) is 4.79 Å². The quantitative estimate of drug-likeness (QED) is 0.785. The second kappa shape index (κ2) is 5.91. The molecule has 3 rings (SSSR count). The largest absolute Gasteiger partial charge is 0.371 e. The highest BCUT2D eigenvalue weighted by molar-refractivity contribution is 5.96. The number of ketones is 1. The van der Waals surface area contributed by atoms with Crippen LogP contribution in [0.2, 0.25) is 0 Å². The maximum absolute atomic E-state index is 12.2. The van der Waals surface area contributed by atoms with E-state index < -0.39 is 0 Å². The van der Waals surface area contributed by atoms with Gasteiger partial charge in [0.15, 0.2) is 5.78 Å². The molecule has 0 amide bonds. The molecule has 0 radical (unpaired) electrons. The molecule has 102 valence electrons. The maximum Gasteiger partial charge on any atom is 0.164 e. The van der Waals surface area contributed by atoms with Gasteiger partial charge in [0, 0.05) is 30.8 Å². The molecular formula is C18H19NO. The summed E-state index contributed by atoms with van der Waals surface area (Å²) in [6.45, 7) is 1.86. The van der Waals surface area contributed by atoms with Crippen LogP contribution >= 0.6 is 0 Å². The fourth-order valence-electron chi connectivity index (χ4n) is 2.85. The normalized spacial score (nSPS) is 13.9. The molecule has 1 aliphatic rings. The van der Waals surface area contributed by atoms with E-state index in [0.717, 1.165) is 25.1 Å². The summed E-state index contributed by atoms with van der Waals surface area (Å²) in [7, 11) is 0. The lowest BCUT2D eigenvalue weighted by Gasteiger charge is -2.31. The van der Waals surface area contributed by atoms with Crippen LogP contribution in [0.5, 0.6) is 0 Å². The molecule has 0 N–H and O–H groups in total. The molecule has 0 spiro atoms. The number of hydrogen-bond donors (Lipinski definition) is 0. The third-order valence-corrected chi connectivity index (χ3v) is 3.91. The van der Waals surface area contributed by atoms with Crippen molar-refractivity contribution in [3.05, 3.63) is 65.7 Å². The molecule has 0 fully saturated rings. The molecule has 0 bridgehead atoms. The second-order valence-electron chi connectivity index (χ2n) is 5.26. The van der Waals surface area contributed by atoms with Crippen LogP contribution in [-0.2, 0) is 6.42 Å². The first-order valence-corrected chi connectivity index (χ1v) is 7.26. The summed E-state index contributed by atoms with van der Waals surface area (Å²) < 4.78 is 0. The minimum atomic E-state index is 0.230. The molecular weight excluding hydrogens is 246 g/mol. The van der Waals surface area contributed by atoms with Crippen LogP contribution < -0.4 is 4.90 Å². The molecule has 0 aliphatic carbocycles. The lowest BCUT2D eigenvalue weighted by atomic mass is 10.0. The van der Waals surface area contributed by atoms with Gasteiger partial charge < -0.3 is 4.90 Å². The van der Waals surface area contributed by atoms with Gasteiger partial charge in [-0.15, -0.1) is 0 Å². The van der Waals surface area contributed by atoms with Gasteiger partial charge >= 0.3 is 0 Å². The Labute approximate surface area is 120 Å². The van der Waals surface area contributed by atoms with Crippen molar-refractivity contribution in [2.24, 2.45) is 0 Å². The number of carbonyl (C=O) groups is 1. The van der Waals surface area contributed by atoms with Crippen LogP contribution in [0.1, 0.15) is 28.8 Å². The maximum atomic E-state index is 12.2. The fourth-order valence-corrected chi connectivity index (χ4v) is 2.85. The number of nitrogens with zero attached hydrogens (tertiary/aromatic N) is 1. The zero-order valence-electron chi connectivity index (χ0n) is 11.6. The Morgan fingerprint density at radius 1 is 1.00 bits per heavy atom. The van der Waals surface area contributed by atoms with Gasteiger partial charge in [0.1, 0.15) is 0 Å². The van der Waals surface area contributed by atoms with E-state index in [-0.39, 0.29) is 5.78 Å². The number of para-hydroxylation sites is 1. The Kier molecular flexibility index (Phi) is 3.82. The Hall–Kier alpha value is -2.09.